The third-order valence-electron chi connectivity index (χ3n) is 2.55. The van der Waals surface area contributed by atoms with E-state index >= 15 is 0 Å². The lowest BCUT2D eigenvalue weighted by Crippen LogP contribution is -2.44. The fourth-order valence-electron chi connectivity index (χ4n) is 1.63. The van der Waals surface area contributed by atoms with Crippen molar-refractivity contribution >= 4 is 5.78 Å². The van der Waals surface area contributed by atoms with Crippen molar-refractivity contribution in [3.63, 3.8) is 0 Å². The molecule has 0 aliphatic carbocycles. The fraction of sp³-hybridized carbons (Fsp3) is 0.909. The van der Waals surface area contributed by atoms with Gasteiger partial charge in [-0.15, -0.1) is 0 Å². The zero-order chi connectivity index (χ0) is 11.1. The smallest absolute Gasteiger partial charge is 0.149 e. The Balaban J connectivity index is 4.25. The van der Waals surface area contributed by atoms with Crippen LogP contribution in [-0.2, 0) is 4.79 Å². The molecule has 84 valence electrons. The van der Waals surface area contributed by atoms with Crippen molar-refractivity contribution in [3.8, 4) is 0 Å². The molecule has 0 rings (SSSR count). The van der Waals surface area contributed by atoms with E-state index in [4.69, 9.17) is 5.11 Å². The van der Waals surface area contributed by atoms with Gasteiger partial charge < -0.3 is 5.11 Å². The maximum atomic E-state index is 11.5. The van der Waals surface area contributed by atoms with Gasteiger partial charge in [-0.05, 0) is 27.2 Å². The van der Waals surface area contributed by atoms with E-state index in [1.165, 1.54) is 0 Å². The Morgan fingerprint density at radius 1 is 1.36 bits per heavy atom. The van der Waals surface area contributed by atoms with Crippen LogP contribution in [-0.4, -0.2) is 41.0 Å². The second-order valence-corrected chi connectivity index (χ2v) is 3.90. The summed E-state index contributed by atoms with van der Waals surface area (Å²) in [6.07, 6.45) is 1.32. The van der Waals surface area contributed by atoms with Gasteiger partial charge in [0.05, 0.1) is 6.04 Å². The number of Topliss-reactive ketones (excluding diaryl/α,β-unsaturated/α-hetero) is 1. The quantitative estimate of drug-likeness (QED) is 0.677. The van der Waals surface area contributed by atoms with Crippen molar-refractivity contribution in [2.24, 2.45) is 0 Å². The van der Waals surface area contributed by atoms with Gasteiger partial charge in [0.15, 0.2) is 0 Å². The highest BCUT2D eigenvalue weighted by molar-refractivity contribution is 5.83. The molecule has 0 aromatic rings. The molecule has 3 heteroatoms. The number of aliphatic hydroxyl groups excluding tert-OH is 1. The van der Waals surface area contributed by atoms with Crippen molar-refractivity contribution in [3.05, 3.63) is 0 Å². The lowest BCUT2D eigenvalue weighted by Gasteiger charge is -2.31. The Hall–Kier alpha value is -0.410. The van der Waals surface area contributed by atoms with Crippen LogP contribution in [0.5, 0.6) is 0 Å². The summed E-state index contributed by atoms with van der Waals surface area (Å²) in [5.74, 6) is 0.275. The first-order valence-electron chi connectivity index (χ1n) is 5.43. The van der Waals surface area contributed by atoms with Crippen molar-refractivity contribution in [1.82, 2.24) is 4.90 Å². The monoisotopic (exact) mass is 201 g/mol. The molecule has 0 saturated carbocycles. The van der Waals surface area contributed by atoms with Gasteiger partial charge in [0.1, 0.15) is 5.78 Å². The van der Waals surface area contributed by atoms with Crippen LogP contribution in [0.25, 0.3) is 0 Å². The summed E-state index contributed by atoms with van der Waals surface area (Å²) in [4.78, 5) is 13.7. The van der Waals surface area contributed by atoms with E-state index in [0.29, 0.717) is 12.5 Å². The van der Waals surface area contributed by atoms with Gasteiger partial charge in [-0.2, -0.15) is 0 Å². The predicted molar refractivity (Wildman–Crippen MR) is 58.3 cm³/mol. The van der Waals surface area contributed by atoms with Crippen LogP contribution in [0.15, 0.2) is 0 Å². The summed E-state index contributed by atoms with van der Waals surface area (Å²) in [7, 11) is 0. The fourth-order valence-corrected chi connectivity index (χ4v) is 1.63. The van der Waals surface area contributed by atoms with Crippen LogP contribution < -0.4 is 0 Å². The minimum atomic E-state index is -0.0217. The molecule has 14 heavy (non-hydrogen) atoms. The molecule has 0 radical (unpaired) electrons. The first-order chi connectivity index (χ1) is 6.54. The number of rotatable bonds is 7. The Kier molecular flexibility index (Phi) is 6.75. The molecule has 0 aliphatic heterocycles. The minimum Gasteiger partial charge on any atom is -0.396 e. The van der Waals surface area contributed by atoms with Gasteiger partial charge in [-0.25, -0.2) is 0 Å². The van der Waals surface area contributed by atoms with Gasteiger partial charge in [0.25, 0.3) is 0 Å². The molecule has 0 aromatic carbocycles. The summed E-state index contributed by atoms with van der Waals surface area (Å²) in [6, 6.07) is 0.332. The van der Waals surface area contributed by atoms with E-state index < -0.39 is 0 Å². The van der Waals surface area contributed by atoms with Crippen molar-refractivity contribution < 1.29 is 9.90 Å². The van der Waals surface area contributed by atoms with Crippen LogP contribution in [0.4, 0.5) is 0 Å². The van der Waals surface area contributed by atoms with E-state index in [1.807, 2.05) is 13.8 Å². The second kappa shape index (κ2) is 6.96. The Bertz CT molecular complexity index is 169. The Morgan fingerprint density at radius 2 is 1.93 bits per heavy atom. The molecule has 0 heterocycles. The highest BCUT2D eigenvalue weighted by Gasteiger charge is 2.21. The number of nitrogens with zero attached hydrogens (tertiary/aromatic N) is 1. The molecule has 0 aromatic heterocycles. The first-order valence-corrected chi connectivity index (χ1v) is 5.43. The lowest BCUT2D eigenvalue weighted by molar-refractivity contribution is -0.124. The summed E-state index contributed by atoms with van der Waals surface area (Å²) < 4.78 is 0. The maximum Gasteiger partial charge on any atom is 0.149 e. The molecule has 1 N–H and O–H groups in total. The topological polar surface area (TPSA) is 40.5 Å². The highest BCUT2D eigenvalue weighted by atomic mass is 16.3. The minimum absolute atomic E-state index is 0.0217. The number of hydrogen-bond donors (Lipinski definition) is 1. The lowest BCUT2D eigenvalue weighted by atomic mass is 10.1. The number of carbonyl (C=O) groups excluding carboxylic acids is 1. The summed E-state index contributed by atoms with van der Waals surface area (Å²) in [6.45, 7) is 8.98. The zero-order valence-corrected chi connectivity index (χ0v) is 9.79. The van der Waals surface area contributed by atoms with Gasteiger partial charge in [0, 0.05) is 25.6 Å². The number of hydrogen-bond acceptors (Lipinski definition) is 3. The van der Waals surface area contributed by atoms with Gasteiger partial charge in [0.2, 0.25) is 0 Å². The number of ketones is 1. The molecule has 0 fully saturated rings. The van der Waals surface area contributed by atoms with Crippen molar-refractivity contribution in [2.75, 3.05) is 13.2 Å². The summed E-state index contributed by atoms with van der Waals surface area (Å²) >= 11 is 0. The van der Waals surface area contributed by atoms with E-state index in [9.17, 15) is 4.79 Å². The summed E-state index contributed by atoms with van der Waals surface area (Å²) in [5, 5.41) is 8.76. The van der Waals surface area contributed by atoms with Gasteiger partial charge in [-0.1, -0.05) is 6.92 Å². The average Bonchev–Trinajstić information content (AvgIpc) is 2.16. The molecule has 3 nitrogen and oxygen atoms in total. The molecule has 1 unspecified atom stereocenters. The van der Waals surface area contributed by atoms with Crippen LogP contribution >= 0.6 is 0 Å². The second-order valence-electron chi connectivity index (χ2n) is 3.90. The van der Waals surface area contributed by atoms with Gasteiger partial charge in [-0.3, -0.25) is 9.69 Å². The maximum absolute atomic E-state index is 11.5. The number of carbonyl (C=O) groups is 1. The first kappa shape index (κ1) is 13.6. The van der Waals surface area contributed by atoms with Crippen LogP contribution in [0.1, 0.15) is 40.5 Å². The number of aliphatic hydroxyl groups is 1. The van der Waals surface area contributed by atoms with Gasteiger partial charge >= 0.3 is 0 Å². The molecule has 1 atom stereocenters. The van der Waals surface area contributed by atoms with Crippen molar-refractivity contribution in [1.29, 1.82) is 0 Å². The SMILES string of the molecule is CCC(=O)C(C)N(CCCO)C(C)C. The van der Waals surface area contributed by atoms with E-state index in [0.717, 1.165) is 13.0 Å². The molecule has 0 spiro atoms. The summed E-state index contributed by atoms with van der Waals surface area (Å²) in [5.41, 5.74) is 0. The zero-order valence-electron chi connectivity index (χ0n) is 9.79. The molecule has 0 bridgehead atoms. The highest BCUT2D eigenvalue weighted by Crippen LogP contribution is 2.08. The Morgan fingerprint density at radius 3 is 2.29 bits per heavy atom. The predicted octanol–water partition coefficient (Wildman–Crippen LogP) is 1.45. The molecule has 0 amide bonds. The van der Waals surface area contributed by atoms with Crippen LogP contribution in [0.2, 0.25) is 0 Å². The van der Waals surface area contributed by atoms with E-state index in [-0.39, 0.29) is 18.4 Å². The molecule has 0 aliphatic rings. The van der Waals surface area contributed by atoms with Crippen LogP contribution in [0, 0.1) is 0 Å². The van der Waals surface area contributed by atoms with Crippen LogP contribution in [0.3, 0.4) is 0 Å². The third-order valence-corrected chi connectivity index (χ3v) is 2.55. The normalized spacial score (nSPS) is 13.6. The molecule has 0 saturated heterocycles. The van der Waals surface area contributed by atoms with Crippen molar-refractivity contribution in [2.45, 2.75) is 52.6 Å². The molecular weight excluding hydrogens is 178 g/mol. The Labute approximate surface area is 87.1 Å². The third kappa shape index (κ3) is 4.20. The largest absolute Gasteiger partial charge is 0.396 e. The standard InChI is InChI=1S/C11H23NO2/c1-5-11(14)10(4)12(9(2)3)7-6-8-13/h9-10,13H,5-8H2,1-4H3. The molecular formula is C11H23NO2. The van der Waals surface area contributed by atoms with E-state index in [1.54, 1.807) is 0 Å². The average molecular weight is 201 g/mol. The van der Waals surface area contributed by atoms with E-state index in [2.05, 4.69) is 18.7 Å².